The Morgan fingerprint density at radius 3 is 1.00 bits per heavy atom. The van der Waals surface area contributed by atoms with Gasteiger partial charge in [0.05, 0.1) is 0 Å². The van der Waals surface area contributed by atoms with Gasteiger partial charge in [0, 0.05) is 0 Å². The first-order valence-electron chi connectivity index (χ1n) is 3.84. The normalized spacial score (nSPS) is 5.55. The highest BCUT2D eigenvalue weighted by Crippen LogP contribution is 1.82. The Kier molecular flexibility index (Phi) is 34.6. The molecule has 0 amide bonds. The number of hydrogen-bond acceptors (Lipinski definition) is 0. The van der Waals surface area contributed by atoms with Crippen molar-refractivity contribution < 1.29 is 0 Å². The summed E-state index contributed by atoms with van der Waals surface area (Å²) in [7, 11) is 0. The van der Waals surface area contributed by atoms with Gasteiger partial charge in [-0.05, 0) is 34.6 Å². The van der Waals surface area contributed by atoms with Crippen molar-refractivity contribution >= 4 is 0 Å². The van der Waals surface area contributed by atoms with Gasteiger partial charge in [-0.2, -0.15) is 0 Å². The standard InChI is InChI=1S/C5H10.2C3H6/c1-4-5(2)3;2*1-3-2/h4H,1-3H3;2*3H,1H2,2H3. The van der Waals surface area contributed by atoms with Gasteiger partial charge in [0.15, 0.2) is 0 Å². The van der Waals surface area contributed by atoms with Crippen LogP contribution in [0.2, 0.25) is 0 Å². The van der Waals surface area contributed by atoms with Crippen molar-refractivity contribution in [3.8, 4) is 0 Å². The summed E-state index contributed by atoms with van der Waals surface area (Å²) in [6.07, 6.45) is 5.58. The maximum absolute atomic E-state index is 3.36. The molecule has 0 saturated heterocycles. The molecular formula is C11H22. The first-order chi connectivity index (χ1) is 5.10. The second-order valence-electron chi connectivity index (χ2n) is 2.18. The minimum atomic E-state index is 1.38. The summed E-state index contributed by atoms with van der Waals surface area (Å²) in [5, 5.41) is 0. The summed E-state index contributed by atoms with van der Waals surface area (Å²) in [4.78, 5) is 0. The van der Waals surface area contributed by atoms with Crippen molar-refractivity contribution in [3.63, 3.8) is 0 Å². The SMILES string of the molecule is C=CC.C=CC.CC=C(C)C. The molecule has 0 aromatic carbocycles. The van der Waals surface area contributed by atoms with Crippen LogP contribution < -0.4 is 0 Å². The van der Waals surface area contributed by atoms with Gasteiger partial charge < -0.3 is 0 Å². The second-order valence-corrected chi connectivity index (χ2v) is 2.18. The van der Waals surface area contributed by atoms with Crippen molar-refractivity contribution in [3.05, 3.63) is 37.0 Å². The molecule has 0 nitrogen and oxygen atoms in total. The van der Waals surface area contributed by atoms with Crippen LogP contribution in [0.5, 0.6) is 0 Å². The van der Waals surface area contributed by atoms with Crippen molar-refractivity contribution in [2.45, 2.75) is 34.6 Å². The van der Waals surface area contributed by atoms with E-state index in [1.165, 1.54) is 5.57 Å². The Labute approximate surface area is 72.3 Å². The van der Waals surface area contributed by atoms with Gasteiger partial charge in [-0.3, -0.25) is 0 Å². The molecule has 0 unspecified atom stereocenters. The first kappa shape index (κ1) is 16.7. The van der Waals surface area contributed by atoms with Crippen LogP contribution in [0.3, 0.4) is 0 Å². The highest BCUT2D eigenvalue weighted by Gasteiger charge is 1.60. The van der Waals surface area contributed by atoms with Crippen LogP contribution in [-0.2, 0) is 0 Å². The van der Waals surface area contributed by atoms with Gasteiger partial charge >= 0.3 is 0 Å². The monoisotopic (exact) mass is 154 g/mol. The Morgan fingerprint density at radius 2 is 1.00 bits per heavy atom. The minimum Gasteiger partial charge on any atom is -0.103 e. The fourth-order valence-corrected chi connectivity index (χ4v) is 0. The Bertz CT molecular complexity index is 86.6. The summed E-state index contributed by atoms with van der Waals surface area (Å²) in [6.45, 7) is 16.7. The van der Waals surface area contributed by atoms with Crippen molar-refractivity contribution in [2.75, 3.05) is 0 Å². The zero-order valence-corrected chi connectivity index (χ0v) is 8.65. The number of hydrogen-bond donors (Lipinski definition) is 0. The van der Waals surface area contributed by atoms with E-state index in [9.17, 15) is 0 Å². The molecule has 0 fully saturated rings. The molecule has 0 aliphatic carbocycles. The Balaban J connectivity index is -0.0000000933. The van der Waals surface area contributed by atoms with E-state index in [-0.39, 0.29) is 0 Å². The van der Waals surface area contributed by atoms with Crippen molar-refractivity contribution in [1.29, 1.82) is 0 Å². The van der Waals surface area contributed by atoms with E-state index < -0.39 is 0 Å². The average molecular weight is 154 g/mol. The lowest BCUT2D eigenvalue weighted by Crippen LogP contribution is -1.52. The molecule has 0 saturated carbocycles. The van der Waals surface area contributed by atoms with Crippen LogP contribution in [0.25, 0.3) is 0 Å². The molecule has 0 bridgehead atoms. The summed E-state index contributed by atoms with van der Waals surface area (Å²) in [6, 6.07) is 0. The van der Waals surface area contributed by atoms with Crippen molar-refractivity contribution in [1.82, 2.24) is 0 Å². The third-order valence-corrected chi connectivity index (χ3v) is 0.577. The molecule has 0 heterocycles. The number of allylic oxidation sites excluding steroid dienone is 4. The fraction of sp³-hybridized carbons (Fsp3) is 0.455. The molecule has 0 spiro atoms. The fourth-order valence-electron chi connectivity index (χ4n) is 0. The van der Waals surface area contributed by atoms with Crippen LogP contribution in [0.15, 0.2) is 37.0 Å². The van der Waals surface area contributed by atoms with Crippen molar-refractivity contribution in [2.24, 2.45) is 0 Å². The van der Waals surface area contributed by atoms with E-state index in [0.717, 1.165) is 0 Å². The zero-order chi connectivity index (χ0) is 9.70. The quantitative estimate of drug-likeness (QED) is 0.455. The zero-order valence-electron chi connectivity index (χ0n) is 8.65. The highest BCUT2D eigenvalue weighted by molar-refractivity contribution is 4.88. The lowest BCUT2D eigenvalue weighted by molar-refractivity contribution is 1.36. The summed E-state index contributed by atoms with van der Waals surface area (Å²) >= 11 is 0. The molecule has 0 rings (SSSR count). The molecular weight excluding hydrogens is 132 g/mol. The molecule has 66 valence electrons. The second kappa shape index (κ2) is 22.9. The maximum Gasteiger partial charge on any atom is -0.0442 e. The summed E-state index contributed by atoms with van der Waals surface area (Å²) < 4.78 is 0. The predicted molar refractivity (Wildman–Crippen MR) is 56.8 cm³/mol. The van der Waals surface area contributed by atoms with E-state index in [0.29, 0.717) is 0 Å². The predicted octanol–water partition coefficient (Wildman–Crippen LogP) is 4.36. The maximum atomic E-state index is 3.36. The average Bonchev–Trinajstić information content (AvgIpc) is 1.91. The lowest BCUT2D eigenvalue weighted by Gasteiger charge is -1.74. The van der Waals surface area contributed by atoms with Crippen LogP contribution in [0.4, 0.5) is 0 Å². The van der Waals surface area contributed by atoms with Gasteiger partial charge in [-0.25, -0.2) is 0 Å². The Hall–Kier alpha value is -0.780. The molecule has 0 aliphatic heterocycles. The topological polar surface area (TPSA) is 0 Å². The van der Waals surface area contributed by atoms with Crippen LogP contribution in [0, 0.1) is 0 Å². The summed E-state index contributed by atoms with van der Waals surface area (Å²) in [5.74, 6) is 0. The van der Waals surface area contributed by atoms with Crippen LogP contribution in [-0.4, -0.2) is 0 Å². The molecule has 0 heteroatoms. The van der Waals surface area contributed by atoms with Gasteiger partial charge in [-0.15, -0.1) is 13.2 Å². The van der Waals surface area contributed by atoms with Gasteiger partial charge in [-0.1, -0.05) is 23.8 Å². The largest absolute Gasteiger partial charge is 0.103 e. The molecule has 0 aromatic heterocycles. The number of rotatable bonds is 0. The van der Waals surface area contributed by atoms with E-state index in [4.69, 9.17) is 0 Å². The molecule has 11 heavy (non-hydrogen) atoms. The van der Waals surface area contributed by atoms with E-state index in [2.05, 4.69) is 33.1 Å². The third kappa shape index (κ3) is 323. The molecule has 0 N–H and O–H groups in total. The van der Waals surface area contributed by atoms with Crippen LogP contribution in [0.1, 0.15) is 34.6 Å². The lowest BCUT2D eigenvalue weighted by atomic mass is 10.3. The van der Waals surface area contributed by atoms with Gasteiger partial charge in [0.25, 0.3) is 0 Å². The molecule has 0 radical (unpaired) electrons. The van der Waals surface area contributed by atoms with Gasteiger partial charge in [0.1, 0.15) is 0 Å². The molecule has 0 atom stereocenters. The minimum absolute atomic E-state index is 1.38. The van der Waals surface area contributed by atoms with Gasteiger partial charge in [0.2, 0.25) is 0 Å². The molecule has 0 aliphatic rings. The Morgan fingerprint density at radius 1 is 0.909 bits per heavy atom. The van der Waals surface area contributed by atoms with Crippen LogP contribution >= 0.6 is 0 Å². The van der Waals surface area contributed by atoms with E-state index in [1.807, 2.05) is 20.8 Å². The third-order valence-electron chi connectivity index (χ3n) is 0.577. The van der Waals surface area contributed by atoms with E-state index >= 15 is 0 Å². The van der Waals surface area contributed by atoms with E-state index in [1.54, 1.807) is 12.2 Å². The smallest absolute Gasteiger partial charge is 0.0442 e. The molecule has 0 aromatic rings. The summed E-state index contributed by atoms with van der Waals surface area (Å²) in [5.41, 5.74) is 1.38. The highest BCUT2D eigenvalue weighted by atomic mass is 13.7. The first-order valence-corrected chi connectivity index (χ1v) is 3.84.